The lowest BCUT2D eigenvalue weighted by Gasteiger charge is -2.26. The van der Waals surface area contributed by atoms with E-state index in [1.807, 2.05) is 4.57 Å². The Morgan fingerprint density at radius 3 is 2.93 bits per heavy atom. The molecule has 0 bridgehead atoms. The smallest absolute Gasteiger partial charge is 0.278 e. The quantitative estimate of drug-likeness (QED) is 0.632. The Hall–Kier alpha value is -2.13. The molecule has 1 fully saturated rings. The molecule has 8 nitrogen and oxygen atoms in total. The fraction of sp³-hybridized carbons (Fsp3) is 0.389. The van der Waals surface area contributed by atoms with Crippen molar-refractivity contribution in [1.82, 2.24) is 24.4 Å². The number of anilines is 1. The van der Waals surface area contributed by atoms with E-state index in [1.165, 1.54) is 6.07 Å². The van der Waals surface area contributed by atoms with Gasteiger partial charge >= 0.3 is 0 Å². The van der Waals surface area contributed by atoms with Crippen LogP contribution in [0.2, 0.25) is 10.0 Å². The van der Waals surface area contributed by atoms with E-state index < -0.39 is 0 Å². The summed E-state index contributed by atoms with van der Waals surface area (Å²) in [5.74, 6) is 0.284. The molecular formula is C18H20Cl2N6O2. The van der Waals surface area contributed by atoms with Gasteiger partial charge in [0.05, 0.1) is 31.0 Å². The summed E-state index contributed by atoms with van der Waals surface area (Å²) in [4.78, 5) is 26.3. The Morgan fingerprint density at radius 2 is 2.11 bits per heavy atom. The average molecular weight is 424 g/mol. The van der Waals surface area contributed by atoms with Crippen molar-refractivity contribution >= 4 is 40.3 Å². The molecule has 0 radical (unpaired) electrons. The third-order valence-electron chi connectivity index (χ3n) is 4.60. The maximum Gasteiger partial charge on any atom is 0.278 e. The number of hydrogen-bond donors (Lipinski definition) is 2. The molecule has 1 saturated heterocycles. The Labute approximate surface area is 172 Å². The third kappa shape index (κ3) is 4.30. The molecule has 0 atom stereocenters. The SMILES string of the molecule is [2H]c1cc(Cl)c(Cl)cc1CNc1nc2ncn(CCN3CCOCC3)c2c(=O)[nH]1. The van der Waals surface area contributed by atoms with Crippen LogP contribution in [0.3, 0.4) is 0 Å². The van der Waals surface area contributed by atoms with Crippen molar-refractivity contribution in [3.05, 3.63) is 50.5 Å². The third-order valence-corrected chi connectivity index (χ3v) is 5.33. The summed E-state index contributed by atoms with van der Waals surface area (Å²) >= 11 is 11.9. The van der Waals surface area contributed by atoms with Crippen LogP contribution in [-0.4, -0.2) is 57.3 Å². The largest absolute Gasteiger partial charge is 0.379 e. The summed E-state index contributed by atoms with van der Waals surface area (Å²) < 4.78 is 15.2. The van der Waals surface area contributed by atoms with Crippen LogP contribution >= 0.6 is 23.2 Å². The van der Waals surface area contributed by atoms with Gasteiger partial charge in [-0.05, 0) is 17.7 Å². The number of H-pyrrole nitrogens is 1. The van der Waals surface area contributed by atoms with Gasteiger partial charge < -0.3 is 14.6 Å². The molecule has 0 spiro atoms. The molecule has 1 aliphatic rings. The average Bonchev–Trinajstić information content (AvgIpc) is 3.12. The molecule has 0 saturated carbocycles. The minimum Gasteiger partial charge on any atom is -0.379 e. The maximum atomic E-state index is 12.6. The lowest BCUT2D eigenvalue weighted by Crippen LogP contribution is -2.38. The van der Waals surface area contributed by atoms with Crippen molar-refractivity contribution in [2.75, 3.05) is 38.2 Å². The van der Waals surface area contributed by atoms with Crippen molar-refractivity contribution in [2.24, 2.45) is 0 Å². The number of hydrogen-bond acceptors (Lipinski definition) is 6. The summed E-state index contributed by atoms with van der Waals surface area (Å²) in [6, 6.07) is 3.36. The molecule has 28 heavy (non-hydrogen) atoms. The second-order valence-electron chi connectivity index (χ2n) is 6.49. The Bertz CT molecular complexity index is 1080. The standard InChI is InChI=1S/C18H20Cl2N6O2/c19-13-2-1-12(9-14(13)20)10-21-18-23-16-15(17(27)24-18)26(11-22-16)4-3-25-5-7-28-8-6-25/h1-2,9,11H,3-8,10H2,(H2,21,23,24,27)/i1D. The van der Waals surface area contributed by atoms with Gasteiger partial charge in [0.2, 0.25) is 5.95 Å². The molecule has 0 unspecified atom stereocenters. The number of aromatic nitrogens is 4. The van der Waals surface area contributed by atoms with Gasteiger partial charge in [-0.25, -0.2) is 4.98 Å². The van der Waals surface area contributed by atoms with Crippen molar-refractivity contribution in [2.45, 2.75) is 13.1 Å². The molecule has 2 aromatic heterocycles. The second-order valence-corrected chi connectivity index (χ2v) is 7.30. The van der Waals surface area contributed by atoms with Gasteiger partial charge in [0.25, 0.3) is 5.56 Å². The number of fused-ring (bicyclic) bond motifs is 1. The highest BCUT2D eigenvalue weighted by atomic mass is 35.5. The monoisotopic (exact) mass is 423 g/mol. The van der Waals surface area contributed by atoms with Gasteiger partial charge in [-0.15, -0.1) is 0 Å². The number of benzene rings is 1. The fourth-order valence-corrected chi connectivity index (χ4v) is 3.38. The van der Waals surface area contributed by atoms with E-state index in [9.17, 15) is 4.79 Å². The van der Waals surface area contributed by atoms with E-state index in [4.69, 9.17) is 29.3 Å². The van der Waals surface area contributed by atoms with Gasteiger partial charge in [0, 0.05) is 32.7 Å². The number of halogens is 2. The molecule has 0 aliphatic carbocycles. The lowest BCUT2D eigenvalue weighted by molar-refractivity contribution is 0.0365. The number of rotatable bonds is 6. The number of morpholine rings is 1. The summed E-state index contributed by atoms with van der Waals surface area (Å²) in [7, 11) is 0. The first-order valence-corrected chi connectivity index (χ1v) is 9.70. The summed E-state index contributed by atoms with van der Waals surface area (Å²) in [6.45, 7) is 4.99. The molecule has 4 rings (SSSR count). The Balaban J connectivity index is 1.48. The molecule has 3 aromatic rings. The highest BCUT2D eigenvalue weighted by molar-refractivity contribution is 6.42. The van der Waals surface area contributed by atoms with Gasteiger partial charge in [0.1, 0.15) is 0 Å². The van der Waals surface area contributed by atoms with E-state index in [-0.39, 0.29) is 24.1 Å². The minimum absolute atomic E-state index is 0.253. The van der Waals surface area contributed by atoms with Crippen LogP contribution in [0.5, 0.6) is 0 Å². The zero-order chi connectivity index (χ0) is 20.4. The van der Waals surface area contributed by atoms with Crippen LogP contribution in [0.15, 0.2) is 29.3 Å². The fourth-order valence-electron chi connectivity index (χ4n) is 3.08. The van der Waals surface area contributed by atoms with Gasteiger partial charge in [-0.3, -0.25) is 14.7 Å². The Kier molecular flexibility index (Phi) is 5.43. The molecule has 1 aromatic carbocycles. The first-order valence-electron chi connectivity index (χ1n) is 9.45. The summed E-state index contributed by atoms with van der Waals surface area (Å²) in [6.07, 6.45) is 1.64. The van der Waals surface area contributed by atoms with Crippen molar-refractivity contribution < 1.29 is 6.11 Å². The van der Waals surface area contributed by atoms with Crippen molar-refractivity contribution in [3.8, 4) is 0 Å². The number of imidazole rings is 1. The van der Waals surface area contributed by atoms with Crippen LogP contribution in [0, 0.1) is 0 Å². The Morgan fingerprint density at radius 1 is 1.29 bits per heavy atom. The molecule has 2 N–H and O–H groups in total. The maximum absolute atomic E-state index is 12.6. The second kappa shape index (κ2) is 8.48. The van der Waals surface area contributed by atoms with Crippen LogP contribution in [0.25, 0.3) is 11.2 Å². The van der Waals surface area contributed by atoms with Gasteiger partial charge in [-0.1, -0.05) is 29.2 Å². The first-order chi connectivity index (χ1) is 14.0. The van der Waals surface area contributed by atoms with E-state index >= 15 is 0 Å². The van der Waals surface area contributed by atoms with Crippen LogP contribution in [0.1, 0.15) is 6.93 Å². The van der Waals surface area contributed by atoms with Gasteiger partial charge in [-0.2, -0.15) is 4.98 Å². The predicted molar refractivity (Wildman–Crippen MR) is 109 cm³/mol. The molecule has 148 valence electrons. The number of ether oxygens (including phenoxy) is 1. The van der Waals surface area contributed by atoms with E-state index in [0.717, 1.165) is 32.8 Å². The molecular weight excluding hydrogens is 403 g/mol. The van der Waals surface area contributed by atoms with Crippen LogP contribution in [0.4, 0.5) is 5.95 Å². The predicted octanol–water partition coefficient (Wildman–Crippen LogP) is 2.37. The van der Waals surface area contributed by atoms with Crippen molar-refractivity contribution in [3.63, 3.8) is 0 Å². The lowest BCUT2D eigenvalue weighted by atomic mass is 10.2. The highest BCUT2D eigenvalue weighted by Gasteiger charge is 2.14. The van der Waals surface area contributed by atoms with E-state index in [0.29, 0.717) is 33.3 Å². The van der Waals surface area contributed by atoms with Crippen LogP contribution in [-0.2, 0) is 17.8 Å². The highest BCUT2D eigenvalue weighted by Crippen LogP contribution is 2.22. The number of nitrogens with zero attached hydrogens (tertiary/aromatic N) is 4. The normalized spacial score (nSPS) is 15.7. The molecule has 1 aliphatic heterocycles. The number of nitrogens with one attached hydrogen (secondary N) is 2. The summed E-state index contributed by atoms with van der Waals surface area (Å²) in [5.41, 5.74) is 1.19. The topological polar surface area (TPSA) is 88.1 Å². The van der Waals surface area contributed by atoms with Crippen molar-refractivity contribution in [1.29, 1.82) is 0 Å². The van der Waals surface area contributed by atoms with E-state index in [1.54, 1.807) is 12.4 Å². The molecule has 3 heterocycles. The summed E-state index contributed by atoms with van der Waals surface area (Å²) in [5, 5.41) is 3.71. The van der Waals surface area contributed by atoms with Crippen LogP contribution < -0.4 is 10.9 Å². The number of aromatic amines is 1. The first kappa shape index (κ1) is 17.9. The zero-order valence-corrected chi connectivity index (χ0v) is 16.6. The zero-order valence-electron chi connectivity index (χ0n) is 16.0. The minimum atomic E-state index is -0.266. The van der Waals surface area contributed by atoms with E-state index in [2.05, 4.69) is 25.2 Å². The van der Waals surface area contributed by atoms with Gasteiger partial charge in [0.15, 0.2) is 11.2 Å². The molecule has 10 heteroatoms. The molecule has 0 amide bonds.